The molecule has 0 saturated heterocycles. The molecule has 0 radical (unpaired) electrons. The summed E-state index contributed by atoms with van der Waals surface area (Å²) in [6.07, 6.45) is -0.399. The minimum atomic E-state index is -1.21. The Hall–Kier alpha value is -3.14. The zero-order valence-electron chi connectivity index (χ0n) is 16.3. The average Bonchev–Trinajstić information content (AvgIpc) is 2.64. The number of amides is 2. The van der Waals surface area contributed by atoms with Crippen molar-refractivity contribution in [2.75, 3.05) is 0 Å². The molecule has 0 spiro atoms. The van der Waals surface area contributed by atoms with Gasteiger partial charge < -0.3 is 31.7 Å². The summed E-state index contributed by atoms with van der Waals surface area (Å²) in [5, 5.41) is 32.2. The number of nitrogens with one attached hydrogen (secondary N) is 2. The van der Waals surface area contributed by atoms with Gasteiger partial charge in [0, 0.05) is 12.8 Å². The fraction of sp³-hybridized carbons (Fsp3) is 0.474. The number of aliphatic carboxylic acids is 2. The fourth-order valence-electron chi connectivity index (χ4n) is 2.53. The molecule has 10 heteroatoms. The minimum Gasteiger partial charge on any atom is -0.508 e. The van der Waals surface area contributed by atoms with E-state index in [4.69, 9.17) is 10.8 Å². The summed E-state index contributed by atoms with van der Waals surface area (Å²) < 4.78 is 0. The number of phenolic OH excluding ortho intramolecular Hbond substituents is 1. The normalized spacial score (nSPS) is 13.9. The molecule has 10 nitrogen and oxygen atoms in total. The van der Waals surface area contributed by atoms with Crippen LogP contribution in [-0.2, 0) is 25.6 Å². The van der Waals surface area contributed by atoms with Gasteiger partial charge in [-0.05, 0) is 30.0 Å². The van der Waals surface area contributed by atoms with Gasteiger partial charge in [-0.3, -0.25) is 14.4 Å². The van der Waals surface area contributed by atoms with Crippen LogP contribution < -0.4 is 16.4 Å². The lowest BCUT2D eigenvalue weighted by Crippen LogP contribution is -2.56. The van der Waals surface area contributed by atoms with E-state index in [1.807, 2.05) is 0 Å². The predicted molar refractivity (Wildman–Crippen MR) is 103 cm³/mol. The largest absolute Gasteiger partial charge is 0.508 e. The van der Waals surface area contributed by atoms with Gasteiger partial charge in [0.05, 0.1) is 6.04 Å². The molecule has 0 saturated carbocycles. The first-order valence-corrected chi connectivity index (χ1v) is 9.10. The van der Waals surface area contributed by atoms with Crippen molar-refractivity contribution >= 4 is 23.8 Å². The lowest BCUT2D eigenvalue weighted by atomic mass is 10.0. The molecule has 7 N–H and O–H groups in total. The molecular weight excluding hydrogens is 382 g/mol. The van der Waals surface area contributed by atoms with Crippen LogP contribution in [0.2, 0.25) is 0 Å². The number of carbonyl (C=O) groups is 4. The van der Waals surface area contributed by atoms with E-state index in [0.717, 1.165) is 0 Å². The lowest BCUT2D eigenvalue weighted by molar-refractivity contribution is -0.143. The monoisotopic (exact) mass is 409 g/mol. The molecule has 29 heavy (non-hydrogen) atoms. The second-order valence-corrected chi connectivity index (χ2v) is 7.04. The van der Waals surface area contributed by atoms with Crippen molar-refractivity contribution in [3.8, 4) is 5.75 Å². The smallest absolute Gasteiger partial charge is 0.326 e. The SMILES string of the molecule is CC(C)[C@H](NC(=O)[C@H](Cc1ccc(O)cc1)NC(=O)[C@@H](N)CCC(=O)O)C(=O)O. The first kappa shape index (κ1) is 23.9. The second-order valence-electron chi connectivity index (χ2n) is 7.04. The molecule has 2 amide bonds. The number of hydrogen-bond acceptors (Lipinski definition) is 6. The third kappa shape index (κ3) is 8.18. The average molecular weight is 409 g/mol. The van der Waals surface area contributed by atoms with E-state index in [9.17, 15) is 29.4 Å². The standard InChI is InChI=1S/C19H27N3O7/c1-10(2)16(19(28)29)22-18(27)14(9-11-3-5-12(23)6-4-11)21-17(26)13(20)7-8-15(24)25/h3-6,10,13-14,16,23H,7-9,20H2,1-2H3,(H,21,26)(H,22,27)(H,24,25)(H,28,29)/t13-,14-,16-/m0/s1. The van der Waals surface area contributed by atoms with Crippen LogP contribution in [0.25, 0.3) is 0 Å². The van der Waals surface area contributed by atoms with Gasteiger partial charge in [-0.1, -0.05) is 26.0 Å². The molecule has 1 rings (SSSR count). The van der Waals surface area contributed by atoms with E-state index < -0.39 is 41.9 Å². The van der Waals surface area contributed by atoms with Crippen LogP contribution in [0.5, 0.6) is 5.75 Å². The third-order valence-electron chi connectivity index (χ3n) is 4.25. The maximum atomic E-state index is 12.7. The molecule has 0 aliphatic heterocycles. The number of carbonyl (C=O) groups excluding carboxylic acids is 2. The molecular formula is C19H27N3O7. The molecule has 0 bridgehead atoms. The van der Waals surface area contributed by atoms with Crippen molar-refractivity contribution in [1.82, 2.24) is 10.6 Å². The maximum absolute atomic E-state index is 12.7. The Labute approximate surface area is 168 Å². The zero-order chi connectivity index (χ0) is 22.1. The van der Waals surface area contributed by atoms with Crippen LogP contribution in [0, 0.1) is 5.92 Å². The Morgan fingerprint density at radius 1 is 1.00 bits per heavy atom. The Balaban J connectivity index is 2.96. The highest BCUT2D eigenvalue weighted by Crippen LogP contribution is 2.12. The van der Waals surface area contributed by atoms with Crippen molar-refractivity contribution < 1.29 is 34.5 Å². The molecule has 0 aliphatic carbocycles. The summed E-state index contributed by atoms with van der Waals surface area (Å²) in [6, 6.07) is 2.53. The van der Waals surface area contributed by atoms with E-state index in [1.165, 1.54) is 12.1 Å². The van der Waals surface area contributed by atoms with Gasteiger partial charge in [-0.25, -0.2) is 4.79 Å². The minimum absolute atomic E-state index is 0.0218. The van der Waals surface area contributed by atoms with E-state index in [2.05, 4.69) is 10.6 Å². The highest BCUT2D eigenvalue weighted by Gasteiger charge is 2.29. The van der Waals surface area contributed by atoms with Crippen molar-refractivity contribution in [3.05, 3.63) is 29.8 Å². The zero-order valence-corrected chi connectivity index (χ0v) is 16.3. The molecule has 0 fully saturated rings. The highest BCUT2D eigenvalue weighted by atomic mass is 16.4. The second kappa shape index (κ2) is 11.0. The van der Waals surface area contributed by atoms with Crippen LogP contribution in [0.3, 0.4) is 0 Å². The Bertz CT molecular complexity index is 734. The summed E-state index contributed by atoms with van der Waals surface area (Å²) in [7, 11) is 0. The number of rotatable bonds is 11. The quantitative estimate of drug-likeness (QED) is 0.292. The molecule has 3 atom stereocenters. The number of hydrogen-bond donors (Lipinski definition) is 6. The molecule has 1 aromatic carbocycles. The van der Waals surface area contributed by atoms with Crippen molar-refractivity contribution in [3.63, 3.8) is 0 Å². The van der Waals surface area contributed by atoms with Crippen molar-refractivity contribution in [1.29, 1.82) is 0 Å². The van der Waals surface area contributed by atoms with Gasteiger partial charge in [-0.2, -0.15) is 0 Å². The summed E-state index contributed by atoms with van der Waals surface area (Å²) in [4.78, 5) is 47.0. The van der Waals surface area contributed by atoms with E-state index in [1.54, 1.807) is 26.0 Å². The van der Waals surface area contributed by atoms with Crippen LogP contribution in [-0.4, -0.2) is 57.2 Å². The van der Waals surface area contributed by atoms with Crippen molar-refractivity contribution in [2.45, 2.75) is 51.2 Å². The predicted octanol–water partition coefficient (Wildman–Crippen LogP) is -0.163. The number of phenols is 1. The van der Waals surface area contributed by atoms with Gasteiger partial charge in [0.25, 0.3) is 0 Å². The molecule has 160 valence electrons. The summed E-state index contributed by atoms with van der Waals surface area (Å²) >= 11 is 0. The van der Waals surface area contributed by atoms with Crippen molar-refractivity contribution in [2.24, 2.45) is 11.7 Å². The molecule has 0 unspecified atom stereocenters. The van der Waals surface area contributed by atoms with Gasteiger partial charge in [0.15, 0.2) is 0 Å². The topological polar surface area (TPSA) is 179 Å². The third-order valence-corrected chi connectivity index (χ3v) is 4.25. The Morgan fingerprint density at radius 3 is 2.07 bits per heavy atom. The summed E-state index contributed by atoms with van der Waals surface area (Å²) in [5.74, 6) is -4.10. The number of carboxylic acid groups (broad SMARTS) is 2. The number of carboxylic acids is 2. The molecule has 1 aromatic rings. The van der Waals surface area contributed by atoms with Crippen LogP contribution in [0.1, 0.15) is 32.3 Å². The van der Waals surface area contributed by atoms with Gasteiger partial charge >= 0.3 is 11.9 Å². The maximum Gasteiger partial charge on any atom is 0.326 e. The molecule has 0 aromatic heterocycles. The van der Waals surface area contributed by atoms with Gasteiger partial charge in [0.2, 0.25) is 11.8 Å². The fourth-order valence-corrected chi connectivity index (χ4v) is 2.53. The summed E-state index contributed by atoms with van der Waals surface area (Å²) in [5.41, 5.74) is 6.30. The van der Waals surface area contributed by atoms with Gasteiger partial charge in [-0.15, -0.1) is 0 Å². The van der Waals surface area contributed by atoms with Crippen LogP contribution in [0.4, 0.5) is 0 Å². The Kier molecular flexibility index (Phi) is 9.07. The van der Waals surface area contributed by atoms with Gasteiger partial charge in [0.1, 0.15) is 17.8 Å². The number of nitrogens with two attached hydrogens (primary N) is 1. The number of aromatic hydroxyl groups is 1. The Morgan fingerprint density at radius 2 is 1.59 bits per heavy atom. The van der Waals surface area contributed by atoms with E-state index >= 15 is 0 Å². The highest BCUT2D eigenvalue weighted by molar-refractivity contribution is 5.92. The first-order valence-electron chi connectivity index (χ1n) is 9.10. The summed E-state index contributed by atoms with van der Waals surface area (Å²) in [6.45, 7) is 3.27. The lowest BCUT2D eigenvalue weighted by Gasteiger charge is -2.24. The van der Waals surface area contributed by atoms with Crippen LogP contribution in [0.15, 0.2) is 24.3 Å². The van der Waals surface area contributed by atoms with E-state index in [-0.39, 0.29) is 30.9 Å². The van der Waals surface area contributed by atoms with E-state index in [0.29, 0.717) is 5.56 Å². The molecule has 0 aliphatic rings. The number of benzene rings is 1. The first-order chi connectivity index (χ1) is 13.5. The molecule has 0 heterocycles. The van der Waals surface area contributed by atoms with Crippen LogP contribution >= 0.6 is 0 Å².